The van der Waals surface area contributed by atoms with Gasteiger partial charge in [-0.25, -0.2) is 0 Å². The first-order valence-electron chi connectivity index (χ1n) is 12.7. The van der Waals surface area contributed by atoms with E-state index >= 15 is 0 Å². The molecule has 3 aromatic rings. The SMILES string of the molecule is CC.CC.CC.CC(C)C.CC(C)C.CC(C)C.c1cc[nH]c1.c1ccoc1.c1ccsc1. The van der Waals surface area contributed by atoms with E-state index in [1.165, 1.54) is 0 Å². The molecule has 0 aliphatic carbocycles. The molecule has 0 unspecified atom stereocenters. The second-order valence-electron chi connectivity index (χ2n) is 7.67. The van der Waals surface area contributed by atoms with Gasteiger partial charge in [-0.1, -0.05) is 116 Å². The van der Waals surface area contributed by atoms with Gasteiger partial charge in [-0.15, -0.1) is 0 Å². The van der Waals surface area contributed by atoms with Crippen LogP contribution in [0.3, 0.4) is 0 Å². The van der Waals surface area contributed by atoms with Gasteiger partial charge in [0.15, 0.2) is 0 Å². The van der Waals surface area contributed by atoms with Crippen molar-refractivity contribution in [1.82, 2.24) is 4.98 Å². The molecule has 0 saturated heterocycles. The Morgan fingerprint density at radius 3 is 0.848 bits per heavy atom. The molecule has 0 atom stereocenters. The molecule has 0 radical (unpaired) electrons. The van der Waals surface area contributed by atoms with E-state index in [9.17, 15) is 0 Å². The fourth-order valence-electron chi connectivity index (χ4n) is 0.731. The summed E-state index contributed by atoms with van der Waals surface area (Å²) in [7, 11) is 0. The molecule has 0 fully saturated rings. The first kappa shape index (κ1) is 44.9. The van der Waals surface area contributed by atoms with Gasteiger partial charge in [0.05, 0.1) is 12.5 Å². The first-order chi connectivity index (χ1) is 15.7. The Morgan fingerprint density at radius 2 is 0.758 bits per heavy atom. The van der Waals surface area contributed by atoms with Crippen molar-refractivity contribution in [2.24, 2.45) is 17.8 Å². The Balaban J connectivity index is -0.0000000636. The zero-order chi connectivity index (χ0) is 27.3. The number of rotatable bonds is 0. The molecule has 3 aromatic heterocycles. The summed E-state index contributed by atoms with van der Waals surface area (Å²) < 4.78 is 4.58. The van der Waals surface area contributed by atoms with E-state index < -0.39 is 0 Å². The molecule has 0 saturated carbocycles. The Morgan fingerprint density at radius 1 is 0.485 bits per heavy atom. The quantitative estimate of drug-likeness (QED) is 0.338. The smallest absolute Gasteiger partial charge is 0.0902 e. The third-order valence-corrected chi connectivity index (χ3v) is 1.98. The van der Waals surface area contributed by atoms with Gasteiger partial charge in [0, 0.05) is 12.4 Å². The van der Waals surface area contributed by atoms with Crippen molar-refractivity contribution >= 4 is 11.3 Å². The highest BCUT2D eigenvalue weighted by Gasteiger charge is 1.69. The lowest BCUT2D eigenvalue weighted by molar-refractivity contribution is 0.567. The van der Waals surface area contributed by atoms with Crippen molar-refractivity contribution in [2.75, 3.05) is 0 Å². The summed E-state index contributed by atoms with van der Waals surface area (Å²) in [4.78, 5) is 2.86. The van der Waals surface area contributed by atoms with E-state index in [1.54, 1.807) is 23.9 Å². The molecule has 3 rings (SSSR count). The summed E-state index contributed by atoms with van der Waals surface area (Å²) in [6.45, 7) is 31.5. The molecular formula is C30H61NOS. The van der Waals surface area contributed by atoms with Gasteiger partial charge < -0.3 is 9.40 Å². The largest absolute Gasteiger partial charge is 0.473 e. The molecule has 0 amide bonds. The lowest BCUT2D eigenvalue weighted by Crippen LogP contribution is -1.66. The predicted octanol–water partition coefficient (Wildman–Crippen LogP) is 12.1. The summed E-state index contributed by atoms with van der Waals surface area (Å²) >= 11 is 1.71. The van der Waals surface area contributed by atoms with Crippen molar-refractivity contribution in [3.63, 3.8) is 0 Å². The van der Waals surface area contributed by atoms with E-state index in [2.05, 4.69) is 71.7 Å². The van der Waals surface area contributed by atoms with Crippen LogP contribution >= 0.6 is 11.3 Å². The average molecular weight is 484 g/mol. The van der Waals surface area contributed by atoms with Crippen LogP contribution in [0.15, 0.2) is 76.5 Å². The number of aromatic nitrogens is 1. The average Bonchev–Trinajstić information content (AvgIpc) is 3.59. The second-order valence-corrected chi connectivity index (χ2v) is 8.48. The zero-order valence-corrected chi connectivity index (χ0v) is 25.8. The fourth-order valence-corrected chi connectivity index (χ4v) is 1.18. The molecule has 3 heteroatoms. The fraction of sp³-hybridized carbons (Fsp3) is 0.600. The van der Waals surface area contributed by atoms with Crippen molar-refractivity contribution in [2.45, 2.75) is 104 Å². The number of H-pyrrole nitrogens is 1. The van der Waals surface area contributed by atoms with Crippen molar-refractivity contribution in [3.05, 3.63) is 72.1 Å². The van der Waals surface area contributed by atoms with E-state index in [-0.39, 0.29) is 0 Å². The Bertz CT molecular complexity index is 347. The van der Waals surface area contributed by atoms with Crippen molar-refractivity contribution < 1.29 is 4.42 Å². The third kappa shape index (κ3) is 137. The minimum absolute atomic E-state index is 0.833. The standard InChI is InChI=1S/C4H5N.C4H4O.C4H4S.3C4H10.3C2H6/c3*1-2-4-5-3-1;3*1-4(2)3;3*1-2/h1-5H;2*1-4H;3*4H,1-3H3;3*1-2H3. The van der Waals surface area contributed by atoms with Crippen LogP contribution in [0, 0.1) is 17.8 Å². The summed E-state index contributed by atoms with van der Waals surface area (Å²) in [5.41, 5.74) is 0. The number of hydrogen-bond acceptors (Lipinski definition) is 2. The molecule has 0 spiro atoms. The number of aromatic amines is 1. The summed E-state index contributed by atoms with van der Waals surface area (Å²) in [6, 6.07) is 11.6. The molecule has 0 aliphatic rings. The van der Waals surface area contributed by atoms with Gasteiger partial charge >= 0.3 is 0 Å². The van der Waals surface area contributed by atoms with Crippen molar-refractivity contribution in [3.8, 4) is 0 Å². The first-order valence-corrected chi connectivity index (χ1v) is 13.7. The lowest BCUT2D eigenvalue weighted by atomic mass is 10.3. The topological polar surface area (TPSA) is 28.9 Å². The molecule has 0 aliphatic heterocycles. The van der Waals surface area contributed by atoms with Gasteiger partial charge in [0.25, 0.3) is 0 Å². The summed E-state index contributed by atoms with van der Waals surface area (Å²) in [5, 5.41) is 4.08. The lowest BCUT2D eigenvalue weighted by Gasteiger charge is -1.79. The Labute approximate surface area is 214 Å². The maximum Gasteiger partial charge on any atom is 0.0902 e. The minimum atomic E-state index is 0.833. The number of hydrogen-bond donors (Lipinski definition) is 1. The highest BCUT2D eigenvalue weighted by atomic mass is 32.1. The van der Waals surface area contributed by atoms with Crippen molar-refractivity contribution in [1.29, 1.82) is 0 Å². The van der Waals surface area contributed by atoms with Crippen LogP contribution in [0.4, 0.5) is 0 Å². The molecule has 198 valence electrons. The maximum atomic E-state index is 4.58. The van der Waals surface area contributed by atoms with Crippen LogP contribution in [0.25, 0.3) is 0 Å². The van der Waals surface area contributed by atoms with Gasteiger partial charge in [-0.3, -0.25) is 0 Å². The van der Waals surface area contributed by atoms with Crippen LogP contribution in [-0.2, 0) is 0 Å². The second kappa shape index (κ2) is 52.3. The molecule has 0 bridgehead atoms. The Hall–Kier alpha value is -1.74. The minimum Gasteiger partial charge on any atom is -0.473 e. The molecule has 2 nitrogen and oxygen atoms in total. The maximum absolute atomic E-state index is 4.58. The van der Waals surface area contributed by atoms with Crippen LogP contribution < -0.4 is 0 Å². The molecule has 0 aromatic carbocycles. The van der Waals surface area contributed by atoms with E-state index in [1.807, 2.05) is 101 Å². The van der Waals surface area contributed by atoms with Gasteiger partial charge in [-0.05, 0) is 52.8 Å². The molecular weight excluding hydrogens is 422 g/mol. The summed E-state index contributed by atoms with van der Waals surface area (Å²) in [6.07, 6.45) is 7.00. The monoisotopic (exact) mass is 483 g/mol. The number of nitrogens with one attached hydrogen (secondary N) is 1. The van der Waals surface area contributed by atoms with E-state index in [0.717, 1.165) is 17.8 Å². The third-order valence-electron chi connectivity index (χ3n) is 1.35. The van der Waals surface area contributed by atoms with Crippen LogP contribution in [-0.4, -0.2) is 4.98 Å². The van der Waals surface area contributed by atoms with Crippen LogP contribution in [0.5, 0.6) is 0 Å². The predicted molar refractivity (Wildman–Crippen MR) is 159 cm³/mol. The molecule has 33 heavy (non-hydrogen) atoms. The normalized spacial score (nSPS) is 7.45. The Kier molecular flexibility index (Phi) is 71.1. The number of furan rings is 1. The summed E-state index contributed by atoms with van der Waals surface area (Å²) in [5.74, 6) is 2.50. The van der Waals surface area contributed by atoms with Gasteiger partial charge in [-0.2, -0.15) is 11.3 Å². The molecule has 3 heterocycles. The van der Waals surface area contributed by atoms with E-state index in [0.29, 0.717) is 0 Å². The van der Waals surface area contributed by atoms with Crippen LogP contribution in [0.2, 0.25) is 0 Å². The highest BCUT2D eigenvalue weighted by molar-refractivity contribution is 7.07. The van der Waals surface area contributed by atoms with Gasteiger partial charge in [0.1, 0.15) is 0 Å². The highest BCUT2D eigenvalue weighted by Crippen LogP contribution is 1.91. The van der Waals surface area contributed by atoms with Crippen LogP contribution in [0.1, 0.15) is 104 Å². The van der Waals surface area contributed by atoms with E-state index in [4.69, 9.17) is 0 Å². The number of thiophene rings is 1. The van der Waals surface area contributed by atoms with Gasteiger partial charge in [0.2, 0.25) is 0 Å². The zero-order valence-electron chi connectivity index (χ0n) is 25.0. The molecule has 1 N–H and O–H groups in total.